The normalized spacial score (nSPS) is 22.3. The number of urea groups is 1. The largest absolute Gasteiger partial charge is 0.325 e. The summed E-state index contributed by atoms with van der Waals surface area (Å²) in [5.41, 5.74) is 0.419. The van der Waals surface area contributed by atoms with E-state index in [2.05, 4.69) is 11.4 Å². The smallest absolute Gasteiger partial charge is 0.306 e. The van der Waals surface area contributed by atoms with Crippen LogP contribution >= 0.6 is 0 Å². The molecule has 1 fully saturated rings. The first-order valence-corrected chi connectivity index (χ1v) is 6.14. The molecule has 3 amide bonds. The molecule has 1 saturated heterocycles. The fraction of sp³-hybridized carbons (Fsp3) is 0.357. The van der Waals surface area contributed by atoms with Crippen molar-refractivity contribution in [3.63, 3.8) is 0 Å². The molecule has 1 aliphatic heterocycles. The van der Waals surface area contributed by atoms with Gasteiger partial charge in [-0.1, -0.05) is 25.1 Å². The minimum Gasteiger partial charge on any atom is -0.306 e. The third kappa shape index (κ3) is 2.06. The Morgan fingerprint density at radius 1 is 1.37 bits per heavy atom. The van der Waals surface area contributed by atoms with Crippen LogP contribution in [0.25, 0.3) is 0 Å². The predicted molar refractivity (Wildman–Crippen MR) is 68.9 cm³/mol. The average Bonchev–Trinajstić information content (AvgIpc) is 2.63. The highest BCUT2D eigenvalue weighted by Gasteiger charge is 2.47. The number of benzene rings is 1. The van der Waals surface area contributed by atoms with Crippen molar-refractivity contribution in [2.75, 3.05) is 0 Å². The molecule has 5 heteroatoms. The van der Waals surface area contributed by atoms with Crippen molar-refractivity contribution >= 4 is 11.9 Å². The number of amides is 3. The van der Waals surface area contributed by atoms with Crippen molar-refractivity contribution < 1.29 is 9.59 Å². The fourth-order valence-electron chi connectivity index (χ4n) is 2.18. The van der Waals surface area contributed by atoms with E-state index in [9.17, 15) is 9.59 Å². The average molecular weight is 257 g/mol. The van der Waals surface area contributed by atoms with Gasteiger partial charge in [0.15, 0.2) is 0 Å². The summed E-state index contributed by atoms with van der Waals surface area (Å²) in [6.45, 7) is 3.86. The monoisotopic (exact) mass is 257 g/mol. The summed E-state index contributed by atoms with van der Waals surface area (Å²) in [4.78, 5) is 25.2. The van der Waals surface area contributed by atoms with Crippen molar-refractivity contribution in [1.29, 1.82) is 5.26 Å². The Labute approximate surface area is 111 Å². The van der Waals surface area contributed by atoms with Crippen molar-refractivity contribution in [1.82, 2.24) is 10.2 Å². The summed E-state index contributed by atoms with van der Waals surface area (Å²) in [6, 6.07) is 8.78. The maximum Gasteiger partial charge on any atom is 0.325 e. The van der Waals surface area contributed by atoms with Crippen molar-refractivity contribution in [3.05, 3.63) is 35.4 Å². The molecule has 5 nitrogen and oxygen atoms in total. The summed E-state index contributed by atoms with van der Waals surface area (Å²) >= 11 is 0. The number of hydrogen-bond acceptors (Lipinski definition) is 3. The minimum atomic E-state index is -0.848. The fourth-order valence-corrected chi connectivity index (χ4v) is 2.18. The number of nitriles is 1. The van der Waals surface area contributed by atoms with Crippen LogP contribution in [0.1, 0.15) is 31.4 Å². The molecule has 1 atom stereocenters. The lowest BCUT2D eigenvalue weighted by molar-refractivity contribution is -0.126. The second kappa shape index (κ2) is 4.73. The molecule has 1 aromatic carbocycles. The molecule has 0 aliphatic carbocycles. The van der Waals surface area contributed by atoms with Gasteiger partial charge in [0.05, 0.1) is 11.6 Å². The standard InChI is InChI=1S/C14H15N3O2/c1-3-14(2)12(18)16-13(19)17(14)9-11-7-5-4-6-10(11)8-15/h4-7H,3,9H2,1-2H3,(H,16,18,19). The zero-order valence-corrected chi connectivity index (χ0v) is 10.9. The Morgan fingerprint density at radius 2 is 2.05 bits per heavy atom. The highest BCUT2D eigenvalue weighted by molar-refractivity contribution is 6.06. The van der Waals surface area contributed by atoms with Gasteiger partial charge >= 0.3 is 6.03 Å². The van der Waals surface area contributed by atoms with E-state index >= 15 is 0 Å². The van der Waals surface area contributed by atoms with Crippen molar-refractivity contribution in [3.8, 4) is 6.07 Å². The summed E-state index contributed by atoms with van der Waals surface area (Å²) in [7, 11) is 0. The molecule has 2 rings (SSSR count). The van der Waals surface area contributed by atoms with Gasteiger partial charge in [0.1, 0.15) is 5.54 Å². The number of carbonyl (C=O) groups excluding carboxylic acids is 2. The van der Waals surface area contributed by atoms with E-state index in [0.29, 0.717) is 12.0 Å². The first-order chi connectivity index (χ1) is 9.02. The van der Waals surface area contributed by atoms with Gasteiger partial charge in [0.2, 0.25) is 0 Å². The molecule has 0 aromatic heterocycles. The number of carbonyl (C=O) groups is 2. The first-order valence-electron chi connectivity index (χ1n) is 6.14. The van der Waals surface area contributed by atoms with E-state index in [1.54, 1.807) is 25.1 Å². The third-order valence-corrected chi connectivity index (χ3v) is 3.71. The maximum absolute atomic E-state index is 11.9. The van der Waals surface area contributed by atoms with Crippen LogP contribution in [0.5, 0.6) is 0 Å². The summed E-state index contributed by atoms with van der Waals surface area (Å²) in [6.07, 6.45) is 0.527. The summed E-state index contributed by atoms with van der Waals surface area (Å²) in [5, 5.41) is 11.4. The molecule has 1 N–H and O–H groups in total. The Kier molecular flexibility index (Phi) is 3.26. The topological polar surface area (TPSA) is 73.2 Å². The predicted octanol–water partition coefficient (Wildman–Crippen LogP) is 1.78. The molecule has 0 radical (unpaired) electrons. The molecular formula is C14H15N3O2. The Balaban J connectivity index is 2.35. The molecule has 1 unspecified atom stereocenters. The van der Waals surface area contributed by atoms with Gasteiger partial charge in [-0.25, -0.2) is 4.79 Å². The van der Waals surface area contributed by atoms with Crippen molar-refractivity contribution in [2.45, 2.75) is 32.4 Å². The summed E-state index contributed by atoms with van der Waals surface area (Å²) < 4.78 is 0. The van der Waals surface area contributed by atoms with Gasteiger partial charge in [-0.2, -0.15) is 5.26 Å². The number of hydrogen-bond donors (Lipinski definition) is 1. The van der Waals surface area contributed by atoms with E-state index in [1.165, 1.54) is 4.90 Å². The van der Waals surface area contributed by atoms with Gasteiger partial charge in [-0.15, -0.1) is 0 Å². The van der Waals surface area contributed by atoms with E-state index in [1.807, 2.05) is 13.0 Å². The Bertz CT molecular complexity index is 576. The second-order valence-electron chi connectivity index (χ2n) is 4.74. The SMILES string of the molecule is CCC1(C)C(=O)NC(=O)N1Cc1ccccc1C#N. The maximum atomic E-state index is 11.9. The highest BCUT2D eigenvalue weighted by Crippen LogP contribution is 2.27. The molecule has 19 heavy (non-hydrogen) atoms. The van der Waals surface area contributed by atoms with Crippen LogP contribution in [0, 0.1) is 11.3 Å². The van der Waals surface area contributed by atoms with E-state index < -0.39 is 11.6 Å². The number of nitrogens with one attached hydrogen (secondary N) is 1. The lowest BCUT2D eigenvalue weighted by atomic mass is 9.96. The van der Waals surface area contributed by atoms with Crippen LogP contribution in [-0.4, -0.2) is 22.4 Å². The highest BCUT2D eigenvalue weighted by atomic mass is 16.2. The quantitative estimate of drug-likeness (QED) is 0.839. The Hall–Kier alpha value is -2.35. The van der Waals surface area contributed by atoms with E-state index in [4.69, 9.17) is 5.26 Å². The number of rotatable bonds is 3. The zero-order chi connectivity index (χ0) is 14.0. The van der Waals surface area contributed by atoms with Crippen LogP contribution < -0.4 is 5.32 Å². The number of imide groups is 1. The van der Waals surface area contributed by atoms with E-state index in [0.717, 1.165) is 5.56 Å². The van der Waals surface area contributed by atoms with E-state index in [-0.39, 0.29) is 12.5 Å². The van der Waals surface area contributed by atoms with Gasteiger partial charge < -0.3 is 4.90 Å². The first kappa shape index (κ1) is 13.1. The van der Waals surface area contributed by atoms with Gasteiger partial charge in [0.25, 0.3) is 5.91 Å². The van der Waals surface area contributed by atoms with Crippen LogP contribution in [0.15, 0.2) is 24.3 Å². The van der Waals surface area contributed by atoms with Gasteiger partial charge in [-0.05, 0) is 25.0 Å². The van der Waals surface area contributed by atoms with Gasteiger partial charge in [-0.3, -0.25) is 10.1 Å². The van der Waals surface area contributed by atoms with Gasteiger partial charge in [0, 0.05) is 6.54 Å². The molecule has 1 heterocycles. The molecular weight excluding hydrogens is 242 g/mol. The molecule has 1 aliphatic rings. The molecule has 98 valence electrons. The van der Waals surface area contributed by atoms with Crippen LogP contribution in [0.2, 0.25) is 0 Å². The van der Waals surface area contributed by atoms with Crippen molar-refractivity contribution in [2.24, 2.45) is 0 Å². The molecule has 0 spiro atoms. The lowest BCUT2D eigenvalue weighted by Crippen LogP contribution is -2.46. The second-order valence-corrected chi connectivity index (χ2v) is 4.74. The molecule has 0 bridgehead atoms. The zero-order valence-electron chi connectivity index (χ0n) is 10.9. The summed E-state index contributed by atoms with van der Waals surface area (Å²) in [5.74, 6) is -0.283. The lowest BCUT2D eigenvalue weighted by Gasteiger charge is -2.30. The van der Waals surface area contributed by atoms with Crippen LogP contribution in [0.3, 0.4) is 0 Å². The molecule has 1 aromatic rings. The van der Waals surface area contributed by atoms with Crippen LogP contribution in [0.4, 0.5) is 4.79 Å². The Morgan fingerprint density at radius 3 is 2.68 bits per heavy atom. The third-order valence-electron chi connectivity index (χ3n) is 3.71. The molecule has 0 saturated carbocycles. The minimum absolute atomic E-state index is 0.256. The van der Waals surface area contributed by atoms with Crippen LogP contribution in [-0.2, 0) is 11.3 Å². The number of nitrogens with zero attached hydrogens (tertiary/aromatic N) is 2.